The second-order valence-corrected chi connectivity index (χ2v) is 8.05. The Labute approximate surface area is 192 Å². The molecule has 3 aromatic rings. The predicted octanol–water partition coefficient (Wildman–Crippen LogP) is 5.43. The number of anilines is 1. The van der Waals surface area contributed by atoms with Gasteiger partial charge in [0.1, 0.15) is 18.2 Å². The number of hydrogen-bond acceptors (Lipinski definition) is 4. The zero-order valence-corrected chi connectivity index (χ0v) is 19.0. The molecule has 0 unspecified atom stereocenters. The molecular weight excluding hydrogens is 489 g/mol. The number of ether oxygens (including phenoxy) is 1. The van der Waals surface area contributed by atoms with E-state index in [9.17, 15) is 14.0 Å². The lowest BCUT2D eigenvalue weighted by Crippen LogP contribution is -2.31. The van der Waals surface area contributed by atoms with Gasteiger partial charge >= 0.3 is 6.09 Å². The topological polar surface area (TPSA) is 71.5 Å². The van der Waals surface area contributed by atoms with E-state index in [0.29, 0.717) is 17.8 Å². The average Bonchev–Trinajstić information content (AvgIpc) is 2.75. The Bertz CT molecular complexity index is 1110. The number of aromatic nitrogens is 1. The molecular formula is C22H20BrClFN3O3. The minimum Gasteiger partial charge on any atom is -0.447 e. The number of benzene rings is 2. The third-order valence-electron chi connectivity index (χ3n) is 4.67. The van der Waals surface area contributed by atoms with Crippen molar-refractivity contribution < 1.29 is 18.7 Å². The Morgan fingerprint density at radius 1 is 1.26 bits per heavy atom. The summed E-state index contributed by atoms with van der Waals surface area (Å²) in [7, 11) is 1.61. The van der Waals surface area contributed by atoms with Crippen molar-refractivity contribution in [3.05, 3.63) is 69.5 Å². The Balaban J connectivity index is 1.44. The predicted molar refractivity (Wildman–Crippen MR) is 122 cm³/mol. The monoisotopic (exact) mass is 507 g/mol. The van der Waals surface area contributed by atoms with Crippen LogP contribution in [0.25, 0.3) is 10.8 Å². The molecule has 0 aliphatic heterocycles. The lowest BCUT2D eigenvalue weighted by Gasteiger charge is -2.17. The summed E-state index contributed by atoms with van der Waals surface area (Å²) < 4.78 is 19.5. The first-order valence-electron chi connectivity index (χ1n) is 9.50. The number of nitrogens with one attached hydrogen (secondary N) is 1. The van der Waals surface area contributed by atoms with E-state index in [1.165, 1.54) is 11.0 Å². The van der Waals surface area contributed by atoms with Gasteiger partial charge in [-0.1, -0.05) is 51.8 Å². The number of hydrogen-bond donors (Lipinski definition) is 1. The van der Waals surface area contributed by atoms with Crippen LogP contribution in [0.5, 0.6) is 0 Å². The molecule has 1 N–H and O–H groups in total. The number of likely N-dealkylation sites (N-methyl/N-ethyl adjacent to an activating group) is 1. The van der Waals surface area contributed by atoms with Crippen molar-refractivity contribution in [2.75, 3.05) is 25.5 Å². The number of nitrogens with zero attached hydrogens (tertiary/aromatic N) is 2. The fourth-order valence-corrected chi connectivity index (χ4v) is 3.63. The average molecular weight is 509 g/mol. The molecule has 1 aromatic heterocycles. The highest BCUT2D eigenvalue weighted by molar-refractivity contribution is 9.10. The first-order valence-corrected chi connectivity index (χ1v) is 10.7. The molecule has 0 radical (unpaired) electrons. The molecule has 0 fully saturated rings. The van der Waals surface area contributed by atoms with E-state index in [0.717, 1.165) is 15.2 Å². The number of halogens is 3. The summed E-state index contributed by atoms with van der Waals surface area (Å²) in [6, 6.07) is 12.0. The molecule has 0 bridgehead atoms. The third-order valence-corrected chi connectivity index (χ3v) is 5.78. The van der Waals surface area contributed by atoms with E-state index in [-0.39, 0.29) is 30.5 Å². The largest absolute Gasteiger partial charge is 0.447 e. The van der Waals surface area contributed by atoms with E-state index in [1.54, 1.807) is 31.4 Å². The van der Waals surface area contributed by atoms with Crippen LogP contribution in [0.2, 0.25) is 5.02 Å². The summed E-state index contributed by atoms with van der Waals surface area (Å²) in [5.74, 6) is -0.307. The van der Waals surface area contributed by atoms with E-state index in [1.807, 2.05) is 18.2 Å². The Hall–Kier alpha value is -2.71. The van der Waals surface area contributed by atoms with Gasteiger partial charge in [-0.25, -0.2) is 14.2 Å². The van der Waals surface area contributed by atoms with Crippen LogP contribution in [0, 0.1) is 5.82 Å². The molecule has 6 nitrogen and oxygen atoms in total. The van der Waals surface area contributed by atoms with Crippen LogP contribution in [0.1, 0.15) is 12.0 Å². The number of carbonyl (C=O) groups is 2. The summed E-state index contributed by atoms with van der Waals surface area (Å²) in [5, 5.41) is 4.46. The summed E-state index contributed by atoms with van der Waals surface area (Å²) in [6.45, 7) is 0.242. The van der Waals surface area contributed by atoms with Crippen LogP contribution in [0.3, 0.4) is 0 Å². The Morgan fingerprint density at radius 2 is 2.03 bits per heavy atom. The van der Waals surface area contributed by atoms with Crippen molar-refractivity contribution in [2.24, 2.45) is 0 Å². The fourth-order valence-electron chi connectivity index (χ4n) is 2.91. The smallest absolute Gasteiger partial charge is 0.412 e. The molecule has 31 heavy (non-hydrogen) atoms. The van der Waals surface area contributed by atoms with Crippen molar-refractivity contribution in [1.29, 1.82) is 0 Å². The van der Waals surface area contributed by atoms with Crippen molar-refractivity contribution in [3.63, 3.8) is 0 Å². The summed E-state index contributed by atoms with van der Waals surface area (Å²) >= 11 is 9.38. The molecule has 2 amide bonds. The van der Waals surface area contributed by atoms with E-state index in [2.05, 4.69) is 26.2 Å². The second kappa shape index (κ2) is 10.5. The van der Waals surface area contributed by atoms with Crippen LogP contribution in [0.15, 0.2) is 53.1 Å². The number of aryl methyl sites for hydroxylation is 1. The number of pyridine rings is 1. The molecule has 0 aliphatic carbocycles. The number of amides is 2. The highest BCUT2D eigenvalue weighted by atomic mass is 79.9. The maximum atomic E-state index is 13.5. The molecule has 2 aromatic carbocycles. The molecule has 162 valence electrons. The van der Waals surface area contributed by atoms with Crippen LogP contribution >= 0.6 is 27.5 Å². The van der Waals surface area contributed by atoms with E-state index < -0.39 is 11.9 Å². The molecule has 9 heteroatoms. The third kappa shape index (κ3) is 6.15. The molecule has 0 spiro atoms. The molecule has 0 atom stereocenters. The van der Waals surface area contributed by atoms with Crippen LogP contribution in [0.4, 0.5) is 15.0 Å². The SMILES string of the molecule is CN(CCOC(=O)Nc1cc2c(Br)cccc2cn1)C(=O)CCc1cccc(F)c1Cl. The molecule has 1 heterocycles. The van der Waals surface area contributed by atoms with Crippen LogP contribution in [-0.2, 0) is 16.0 Å². The van der Waals surface area contributed by atoms with Gasteiger partial charge in [0.15, 0.2) is 0 Å². The van der Waals surface area contributed by atoms with Gasteiger partial charge in [0.25, 0.3) is 0 Å². The van der Waals surface area contributed by atoms with Crippen molar-refractivity contribution >= 4 is 56.1 Å². The molecule has 0 saturated heterocycles. The zero-order chi connectivity index (χ0) is 22.4. The van der Waals surface area contributed by atoms with Gasteiger partial charge in [-0.3, -0.25) is 10.1 Å². The van der Waals surface area contributed by atoms with Gasteiger partial charge in [0.05, 0.1) is 11.6 Å². The fraction of sp³-hybridized carbons (Fsp3) is 0.227. The maximum absolute atomic E-state index is 13.5. The maximum Gasteiger partial charge on any atom is 0.412 e. The van der Waals surface area contributed by atoms with Gasteiger partial charge in [-0.2, -0.15) is 0 Å². The lowest BCUT2D eigenvalue weighted by molar-refractivity contribution is -0.130. The van der Waals surface area contributed by atoms with Crippen LogP contribution in [-0.4, -0.2) is 42.1 Å². The minimum absolute atomic E-state index is 0.0199. The van der Waals surface area contributed by atoms with Gasteiger partial charge in [0.2, 0.25) is 5.91 Å². The van der Waals surface area contributed by atoms with E-state index >= 15 is 0 Å². The normalized spacial score (nSPS) is 10.7. The summed E-state index contributed by atoms with van der Waals surface area (Å²) in [6.07, 6.45) is 1.49. The quantitative estimate of drug-likeness (QED) is 0.462. The Morgan fingerprint density at radius 3 is 2.84 bits per heavy atom. The summed E-state index contributed by atoms with van der Waals surface area (Å²) in [4.78, 5) is 29.9. The van der Waals surface area contributed by atoms with Crippen molar-refractivity contribution in [1.82, 2.24) is 9.88 Å². The number of fused-ring (bicyclic) bond motifs is 1. The number of carbonyl (C=O) groups excluding carboxylic acids is 2. The van der Waals surface area contributed by atoms with Gasteiger partial charge in [0, 0.05) is 34.9 Å². The lowest BCUT2D eigenvalue weighted by atomic mass is 10.1. The standard InChI is InChI=1S/C22H20BrClFN3O3/c1-28(20(29)9-8-14-4-3-7-18(25)21(14)24)10-11-31-22(30)27-19-12-16-15(13-26-19)5-2-6-17(16)23/h2-7,12-13H,8-11H2,1H3,(H,26,27,30). The summed E-state index contributed by atoms with van der Waals surface area (Å²) in [5.41, 5.74) is 0.577. The highest BCUT2D eigenvalue weighted by Crippen LogP contribution is 2.25. The zero-order valence-electron chi connectivity index (χ0n) is 16.7. The van der Waals surface area contributed by atoms with Gasteiger partial charge in [-0.15, -0.1) is 0 Å². The van der Waals surface area contributed by atoms with Crippen molar-refractivity contribution in [2.45, 2.75) is 12.8 Å². The van der Waals surface area contributed by atoms with E-state index in [4.69, 9.17) is 16.3 Å². The highest BCUT2D eigenvalue weighted by Gasteiger charge is 2.13. The van der Waals surface area contributed by atoms with Crippen LogP contribution < -0.4 is 5.32 Å². The second-order valence-electron chi connectivity index (χ2n) is 6.82. The van der Waals surface area contributed by atoms with Gasteiger partial charge in [-0.05, 0) is 30.2 Å². The minimum atomic E-state index is -0.661. The Kier molecular flexibility index (Phi) is 7.81. The first-order chi connectivity index (χ1) is 14.8. The van der Waals surface area contributed by atoms with Gasteiger partial charge < -0.3 is 9.64 Å². The van der Waals surface area contributed by atoms with Crippen molar-refractivity contribution in [3.8, 4) is 0 Å². The molecule has 3 rings (SSSR count). The first kappa shape index (κ1) is 23.0. The number of rotatable bonds is 7. The molecule has 0 saturated carbocycles. The molecule has 0 aliphatic rings.